The molecular weight excluding hydrogens is 264 g/mol. The van der Waals surface area contributed by atoms with Gasteiger partial charge in [0.25, 0.3) is 0 Å². The van der Waals surface area contributed by atoms with E-state index in [0.29, 0.717) is 23.6 Å². The van der Waals surface area contributed by atoms with Gasteiger partial charge < -0.3 is 15.8 Å². The Balaban J connectivity index is 2.83. The lowest BCUT2D eigenvalue weighted by molar-refractivity contribution is -0.117. The van der Waals surface area contributed by atoms with Crippen LogP contribution in [0.25, 0.3) is 0 Å². The molecule has 0 saturated carbocycles. The molecule has 0 spiro atoms. The van der Waals surface area contributed by atoms with Gasteiger partial charge in [-0.05, 0) is 26.3 Å². The van der Waals surface area contributed by atoms with Crippen LogP contribution >= 0.6 is 11.3 Å². The fourth-order valence-corrected chi connectivity index (χ4v) is 2.52. The van der Waals surface area contributed by atoms with Gasteiger partial charge in [0.2, 0.25) is 5.91 Å². The maximum Gasteiger partial charge on any atom is 0.341 e. The fraction of sp³-hybridized carbons (Fsp3) is 0.538. The van der Waals surface area contributed by atoms with Crippen molar-refractivity contribution in [3.8, 4) is 0 Å². The number of thiophene rings is 1. The second-order valence-corrected chi connectivity index (χ2v) is 5.46. The van der Waals surface area contributed by atoms with Crippen molar-refractivity contribution in [3.05, 3.63) is 16.5 Å². The number of rotatable bonds is 6. The minimum Gasteiger partial charge on any atom is -0.462 e. The molecule has 0 aliphatic heterocycles. The van der Waals surface area contributed by atoms with Crippen molar-refractivity contribution in [1.29, 1.82) is 0 Å². The van der Waals surface area contributed by atoms with Crippen LogP contribution in [0.2, 0.25) is 0 Å². The summed E-state index contributed by atoms with van der Waals surface area (Å²) in [5, 5.41) is 3.22. The highest BCUT2D eigenvalue weighted by Crippen LogP contribution is 2.28. The van der Waals surface area contributed by atoms with Crippen LogP contribution in [0.15, 0.2) is 6.07 Å². The largest absolute Gasteiger partial charge is 0.462 e. The van der Waals surface area contributed by atoms with E-state index >= 15 is 0 Å². The van der Waals surface area contributed by atoms with Gasteiger partial charge in [0.05, 0.1) is 18.2 Å². The lowest BCUT2D eigenvalue weighted by Gasteiger charge is -2.11. The van der Waals surface area contributed by atoms with Crippen molar-refractivity contribution < 1.29 is 14.3 Å². The topological polar surface area (TPSA) is 81.4 Å². The van der Waals surface area contributed by atoms with Gasteiger partial charge in [0, 0.05) is 4.88 Å². The van der Waals surface area contributed by atoms with Crippen LogP contribution in [-0.2, 0) is 9.53 Å². The second-order valence-electron chi connectivity index (χ2n) is 4.20. The van der Waals surface area contributed by atoms with Crippen LogP contribution in [0.5, 0.6) is 0 Å². The average molecular weight is 284 g/mol. The van der Waals surface area contributed by atoms with E-state index < -0.39 is 12.0 Å². The first-order chi connectivity index (χ1) is 8.99. The maximum absolute atomic E-state index is 11.9. The molecule has 1 aromatic rings. The SMILES string of the molecule is CCC[C@H](N)C(=O)Nc1sc(C)cc1C(=O)OCC. The van der Waals surface area contributed by atoms with Gasteiger partial charge in [0.15, 0.2) is 0 Å². The van der Waals surface area contributed by atoms with Gasteiger partial charge >= 0.3 is 5.97 Å². The molecule has 1 aromatic heterocycles. The molecule has 0 radical (unpaired) electrons. The van der Waals surface area contributed by atoms with Crippen molar-refractivity contribution in [2.24, 2.45) is 5.73 Å². The van der Waals surface area contributed by atoms with Crippen LogP contribution in [0.4, 0.5) is 5.00 Å². The lowest BCUT2D eigenvalue weighted by Crippen LogP contribution is -2.35. The smallest absolute Gasteiger partial charge is 0.341 e. The van der Waals surface area contributed by atoms with E-state index in [1.54, 1.807) is 13.0 Å². The number of hydrogen-bond donors (Lipinski definition) is 2. The zero-order chi connectivity index (χ0) is 14.4. The quantitative estimate of drug-likeness (QED) is 0.785. The number of nitrogens with two attached hydrogens (primary N) is 1. The minimum absolute atomic E-state index is 0.269. The summed E-state index contributed by atoms with van der Waals surface area (Å²) in [4.78, 5) is 24.6. The highest BCUT2D eigenvalue weighted by Gasteiger charge is 2.20. The molecule has 0 aliphatic rings. The Hall–Kier alpha value is -1.40. The Morgan fingerprint density at radius 1 is 1.47 bits per heavy atom. The summed E-state index contributed by atoms with van der Waals surface area (Å²) in [5.41, 5.74) is 6.13. The molecular formula is C13H20N2O3S. The van der Waals surface area contributed by atoms with E-state index in [9.17, 15) is 9.59 Å². The molecule has 1 amide bonds. The Morgan fingerprint density at radius 2 is 2.16 bits per heavy atom. The maximum atomic E-state index is 11.9. The summed E-state index contributed by atoms with van der Waals surface area (Å²) >= 11 is 1.34. The van der Waals surface area contributed by atoms with Crippen molar-refractivity contribution in [2.45, 2.75) is 39.7 Å². The van der Waals surface area contributed by atoms with Crippen molar-refractivity contribution >= 4 is 28.2 Å². The number of anilines is 1. The minimum atomic E-state index is -0.553. The predicted molar refractivity (Wildman–Crippen MR) is 76.5 cm³/mol. The Morgan fingerprint density at radius 3 is 2.74 bits per heavy atom. The van der Waals surface area contributed by atoms with E-state index in [4.69, 9.17) is 10.5 Å². The molecule has 0 fully saturated rings. The van der Waals surface area contributed by atoms with Crippen LogP contribution in [0.1, 0.15) is 41.9 Å². The fourth-order valence-electron chi connectivity index (χ4n) is 1.61. The number of esters is 1. The second kappa shape index (κ2) is 7.25. The molecule has 1 rings (SSSR count). The van der Waals surface area contributed by atoms with E-state index in [0.717, 1.165) is 11.3 Å². The number of nitrogens with one attached hydrogen (secondary N) is 1. The van der Waals surface area contributed by atoms with E-state index in [1.165, 1.54) is 11.3 Å². The molecule has 0 saturated heterocycles. The van der Waals surface area contributed by atoms with Crippen LogP contribution in [0.3, 0.4) is 0 Å². The lowest BCUT2D eigenvalue weighted by atomic mass is 10.1. The summed E-state index contributed by atoms with van der Waals surface area (Å²) in [6.07, 6.45) is 1.45. The van der Waals surface area contributed by atoms with Gasteiger partial charge in [-0.2, -0.15) is 0 Å². The third kappa shape index (κ3) is 4.33. The van der Waals surface area contributed by atoms with Crippen LogP contribution in [-0.4, -0.2) is 24.5 Å². The van der Waals surface area contributed by atoms with E-state index in [2.05, 4.69) is 5.32 Å². The Kier molecular flexibility index (Phi) is 5.98. The highest BCUT2D eigenvalue weighted by molar-refractivity contribution is 7.16. The molecule has 0 aliphatic carbocycles. The summed E-state index contributed by atoms with van der Waals surface area (Å²) in [6.45, 7) is 5.88. The number of aryl methyl sites for hydroxylation is 1. The van der Waals surface area contributed by atoms with Gasteiger partial charge in [0.1, 0.15) is 5.00 Å². The molecule has 19 heavy (non-hydrogen) atoms. The first kappa shape index (κ1) is 15.7. The summed E-state index contributed by atoms with van der Waals surface area (Å²) < 4.78 is 4.96. The number of carbonyl (C=O) groups excluding carboxylic acids is 2. The molecule has 1 atom stereocenters. The average Bonchev–Trinajstić information content (AvgIpc) is 2.71. The number of amides is 1. The third-order valence-electron chi connectivity index (χ3n) is 2.52. The van der Waals surface area contributed by atoms with Gasteiger partial charge in [-0.1, -0.05) is 13.3 Å². The highest BCUT2D eigenvalue weighted by atomic mass is 32.1. The third-order valence-corrected chi connectivity index (χ3v) is 3.49. The molecule has 1 heterocycles. The van der Waals surface area contributed by atoms with Crippen molar-refractivity contribution in [3.63, 3.8) is 0 Å². The molecule has 106 valence electrons. The Bertz CT molecular complexity index is 457. The van der Waals surface area contributed by atoms with Crippen LogP contribution in [0, 0.1) is 6.92 Å². The molecule has 6 heteroatoms. The van der Waals surface area contributed by atoms with Gasteiger partial charge in [-0.15, -0.1) is 11.3 Å². The Labute approximate surface area is 117 Å². The molecule has 5 nitrogen and oxygen atoms in total. The zero-order valence-electron chi connectivity index (χ0n) is 11.5. The zero-order valence-corrected chi connectivity index (χ0v) is 12.3. The number of hydrogen-bond acceptors (Lipinski definition) is 5. The van der Waals surface area contributed by atoms with Crippen molar-refractivity contribution in [2.75, 3.05) is 11.9 Å². The van der Waals surface area contributed by atoms with E-state index in [1.807, 2.05) is 13.8 Å². The summed E-state index contributed by atoms with van der Waals surface area (Å²) in [5.74, 6) is -0.694. The van der Waals surface area contributed by atoms with Gasteiger partial charge in [-0.3, -0.25) is 4.79 Å². The van der Waals surface area contributed by atoms with Crippen molar-refractivity contribution in [1.82, 2.24) is 0 Å². The molecule has 3 N–H and O–H groups in total. The van der Waals surface area contributed by atoms with Crippen LogP contribution < -0.4 is 11.1 Å². The predicted octanol–water partition coefficient (Wildman–Crippen LogP) is 2.30. The summed E-state index contributed by atoms with van der Waals surface area (Å²) in [6, 6.07) is 1.16. The first-order valence-electron chi connectivity index (χ1n) is 6.33. The number of ether oxygens (including phenoxy) is 1. The molecule has 0 aromatic carbocycles. The first-order valence-corrected chi connectivity index (χ1v) is 7.15. The standard InChI is InChI=1S/C13H20N2O3S/c1-4-6-10(14)11(16)15-12-9(7-8(3)19-12)13(17)18-5-2/h7,10H,4-6,14H2,1-3H3,(H,15,16)/t10-/m0/s1. The van der Waals surface area contributed by atoms with E-state index in [-0.39, 0.29) is 5.91 Å². The summed E-state index contributed by atoms with van der Waals surface area (Å²) in [7, 11) is 0. The number of carbonyl (C=O) groups is 2. The normalized spacial score (nSPS) is 12.0. The molecule has 0 unspecified atom stereocenters. The molecule has 0 bridgehead atoms. The monoisotopic (exact) mass is 284 g/mol. The van der Waals surface area contributed by atoms with Gasteiger partial charge in [-0.25, -0.2) is 4.79 Å².